The summed E-state index contributed by atoms with van der Waals surface area (Å²) in [5.41, 5.74) is -0.722. The monoisotopic (exact) mass is 959 g/mol. The van der Waals surface area contributed by atoms with Crippen molar-refractivity contribution in [3.8, 4) is 17.2 Å². The maximum Gasteiger partial charge on any atom is 0.410 e. The van der Waals surface area contributed by atoms with Gasteiger partial charge in [-0.2, -0.15) is 0 Å². The molecule has 3 fully saturated rings. The number of ketones is 1. The van der Waals surface area contributed by atoms with Crippen LogP contribution in [0.25, 0.3) is 10.8 Å². The lowest BCUT2D eigenvalue weighted by Crippen LogP contribution is -2.69. The van der Waals surface area contributed by atoms with E-state index < -0.39 is 58.7 Å². The summed E-state index contributed by atoms with van der Waals surface area (Å²) in [7, 11) is 3.02. The third-order valence-electron chi connectivity index (χ3n) is 14.8. The fraction of sp³-hybridized carbons (Fsp3) is 0.635. The highest BCUT2D eigenvalue weighted by Crippen LogP contribution is 2.50. The van der Waals surface area contributed by atoms with Gasteiger partial charge < -0.3 is 59.4 Å². The Hall–Kier alpha value is -5.07. The van der Waals surface area contributed by atoms with Gasteiger partial charge in [0.1, 0.15) is 34.2 Å². The first kappa shape index (κ1) is 51.8. The number of likely N-dealkylation sites (N-methyl/N-ethyl adjacent to an activating group) is 1. The Balaban J connectivity index is 0.00000347. The third-order valence-corrected chi connectivity index (χ3v) is 14.8. The van der Waals surface area contributed by atoms with E-state index in [1.807, 2.05) is 46.9 Å². The highest BCUT2D eigenvalue weighted by atomic mass is 16.7. The standard InChI is InChI=1S/C51H70N6O10.CH4O/c1-28(2)24-56-18-16-51(17-19-56)53-38-35-36-42(59)34(8)45-37(35)46(61)49(9,67-45)64-21-12-15-30(4)44(66-48(63)57-20-22-65-50(27-57)25-55(10)26-50)33(7)41(58)32(6)23-29(3)13-11-14-31(5)47(62)52-40(43(36)60)39(38)54-51;1-2/h11-14,21,28-30,32-33,41,44,58-60H,15-20,22-27H2,1-10H3,(H,52,62);2H,1H3/b13-11+,21-12+,31-14-;/t29?,30-,32-,33-,41?,44?,49?;/m1./s1. The number of Topliss-reactive ketones (excluding diaryl/α,β-unsaturated/α-hetero) is 1. The number of allylic oxidation sites excluding steroid dienone is 4. The molecular formula is C52H74N6O11. The fourth-order valence-electron chi connectivity index (χ4n) is 11.1. The van der Waals surface area contributed by atoms with Crippen molar-refractivity contribution in [2.24, 2.45) is 39.6 Å². The summed E-state index contributed by atoms with van der Waals surface area (Å²) in [5.74, 6) is -4.09. The number of phenolic OH excluding ortho intramolecular Hbond substituents is 2. The first-order chi connectivity index (χ1) is 32.6. The molecule has 0 radical (unpaired) electrons. The largest absolute Gasteiger partial charge is 0.507 e. The van der Waals surface area contributed by atoms with Crippen LogP contribution >= 0.6 is 0 Å². The lowest BCUT2D eigenvalue weighted by atomic mass is 9.80. The number of hydrogen-bond donors (Lipinski definition) is 5. The minimum absolute atomic E-state index is 0.00431. The summed E-state index contributed by atoms with van der Waals surface area (Å²) in [5, 5.41) is 46.5. The van der Waals surface area contributed by atoms with Gasteiger partial charge in [0.05, 0.1) is 41.8 Å². The topological polar surface area (TPSA) is 216 Å². The highest BCUT2D eigenvalue weighted by Gasteiger charge is 2.51. The van der Waals surface area contributed by atoms with Crippen LogP contribution in [-0.2, 0) is 19.0 Å². The maximum absolute atomic E-state index is 14.8. The molecule has 2 amide bonds. The molecule has 2 aromatic rings. The predicted molar refractivity (Wildman–Crippen MR) is 261 cm³/mol. The van der Waals surface area contributed by atoms with Gasteiger partial charge in [-0.3, -0.25) is 19.6 Å². The Labute approximate surface area is 405 Å². The summed E-state index contributed by atoms with van der Waals surface area (Å²) in [6.07, 6.45) is 8.75. The molecule has 5 bridgehead atoms. The first-order valence-corrected chi connectivity index (χ1v) is 24.6. The Bertz CT molecular complexity index is 2520. The number of aliphatic hydroxyl groups is 2. The summed E-state index contributed by atoms with van der Waals surface area (Å²) in [4.78, 5) is 59.4. The van der Waals surface area contributed by atoms with Crippen molar-refractivity contribution >= 4 is 34.2 Å². The Kier molecular flexibility index (Phi) is 15.3. The number of ether oxygens (including phenoxy) is 4. The number of piperidine rings is 1. The second-order valence-electron chi connectivity index (χ2n) is 21.0. The molecule has 17 nitrogen and oxygen atoms in total. The van der Waals surface area contributed by atoms with Crippen molar-refractivity contribution < 1.29 is 53.8 Å². The molecule has 0 aliphatic carbocycles. The van der Waals surface area contributed by atoms with Crippen molar-refractivity contribution in [3.63, 3.8) is 0 Å². The number of fused-ring (bicyclic) bond motifs is 13. The van der Waals surface area contributed by atoms with Crippen molar-refractivity contribution in [1.29, 1.82) is 0 Å². The highest BCUT2D eigenvalue weighted by molar-refractivity contribution is 6.19. The van der Waals surface area contributed by atoms with Crippen LogP contribution in [0.2, 0.25) is 0 Å². The van der Waals surface area contributed by atoms with Crippen LogP contribution in [0.4, 0.5) is 10.5 Å². The lowest BCUT2D eigenvalue weighted by Gasteiger charge is -2.52. The summed E-state index contributed by atoms with van der Waals surface area (Å²) < 4.78 is 25.0. The van der Waals surface area contributed by atoms with Gasteiger partial charge in [0.2, 0.25) is 0 Å². The second-order valence-corrected chi connectivity index (χ2v) is 21.0. The van der Waals surface area contributed by atoms with Crippen LogP contribution < -0.4 is 20.8 Å². The van der Waals surface area contributed by atoms with Crippen LogP contribution in [-0.4, -0.2) is 149 Å². The van der Waals surface area contributed by atoms with Crippen molar-refractivity contribution in [1.82, 2.24) is 14.7 Å². The molecule has 17 heteroatoms. The summed E-state index contributed by atoms with van der Waals surface area (Å²) >= 11 is 0. The second kappa shape index (κ2) is 20.3. The molecule has 0 saturated carbocycles. The van der Waals surface area contributed by atoms with Gasteiger partial charge >= 0.3 is 11.9 Å². The average Bonchev–Trinajstić information content (AvgIpc) is 3.80. The van der Waals surface area contributed by atoms with Crippen LogP contribution in [0.3, 0.4) is 0 Å². The zero-order chi connectivity index (χ0) is 50.3. The number of amides is 2. The number of hydrogen-bond acceptors (Lipinski definition) is 15. The number of likely N-dealkylation sites (tertiary alicyclic amines) is 2. The van der Waals surface area contributed by atoms with Crippen molar-refractivity contribution in [2.75, 3.05) is 71.9 Å². The van der Waals surface area contributed by atoms with E-state index in [4.69, 9.17) is 34.0 Å². The number of anilines is 1. The average molecular weight is 959 g/mol. The van der Waals surface area contributed by atoms with Gasteiger partial charge in [-0.25, -0.2) is 4.79 Å². The van der Waals surface area contributed by atoms with Crippen molar-refractivity contribution in [3.05, 3.63) is 58.0 Å². The van der Waals surface area contributed by atoms with Gasteiger partial charge in [0, 0.05) is 88.6 Å². The van der Waals surface area contributed by atoms with Gasteiger partial charge in [-0.15, -0.1) is 0 Å². The fourth-order valence-corrected chi connectivity index (χ4v) is 11.1. The number of carbonyl (C=O) groups is 3. The van der Waals surface area contributed by atoms with Gasteiger partial charge in [0.15, 0.2) is 11.4 Å². The van der Waals surface area contributed by atoms with E-state index in [9.17, 15) is 29.7 Å². The molecule has 3 saturated heterocycles. The predicted octanol–water partition coefficient (Wildman–Crippen LogP) is 5.35. The number of nitrogens with one attached hydrogen (secondary N) is 1. The zero-order valence-corrected chi connectivity index (χ0v) is 42.3. The van der Waals surface area contributed by atoms with E-state index in [0.717, 1.165) is 39.8 Å². The Morgan fingerprint density at radius 3 is 2.32 bits per heavy atom. The minimum Gasteiger partial charge on any atom is -0.507 e. The molecule has 2 spiro atoms. The molecule has 2 aromatic carbocycles. The number of rotatable bonds is 3. The number of benzene rings is 2. The Morgan fingerprint density at radius 2 is 1.65 bits per heavy atom. The Morgan fingerprint density at radius 1 is 0.971 bits per heavy atom. The molecular weight excluding hydrogens is 885 g/mol. The molecule has 5 N–H and O–H groups in total. The zero-order valence-electron chi connectivity index (χ0n) is 42.3. The van der Waals surface area contributed by atoms with Crippen LogP contribution in [0.15, 0.2) is 46.1 Å². The SMILES string of the molecule is C/C1=C/C=C/C(C)C[C@@H](C)C(O)[C@@H](C)C(OC(=O)N2CCOC3(CN(C)C3)C2)[C@H](C)C/C=C/OC2(C)Oc3c(C)c(O)c4c(O)c(c5c(c4c3C2=O)=NC2(CCN(CC(C)C)CC2)N=5)NC1=O.CO. The van der Waals surface area contributed by atoms with E-state index in [0.29, 0.717) is 56.9 Å². The van der Waals surface area contributed by atoms with Crippen LogP contribution in [0.5, 0.6) is 17.2 Å². The molecule has 69 heavy (non-hydrogen) atoms. The van der Waals surface area contributed by atoms with E-state index >= 15 is 0 Å². The quantitative estimate of drug-likeness (QED) is 0.246. The number of aliphatic hydroxyl groups excluding tert-OH is 2. The smallest absolute Gasteiger partial charge is 0.410 e. The summed E-state index contributed by atoms with van der Waals surface area (Å²) in [6, 6.07) is 0. The molecule has 9 rings (SSSR count). The normalized spacial score (nSPS) is 31.0. The number of aromatic hydroxyl groups is 2. The van der Waals surface area contributed by atoms with Crippen molar-refractivity contribution in [2.45, 2.75) is 117 Å². The number of phenols is 2. The first-order valence-electron chi connectivity index (χ1n) is 24.6. The molecule has 4 unspecified atom stereocenters. The van der Waals surface area contributed by atoms with E-state index in [1.165, 1.54) is 13.2 Å². The van der Waals surface area contributed by atoms with E-state index in [2.05, 4.69) is 29.0 Å². The van der Waals surface area contributed by atoms with Gasteiger partial charge in [-0.1, -0.05) is 59.8 Å². The maximum atomic E-state index is 14.8. The van der Waals surface area contributed by atoms with Gasteiger partial charge in [-0.05, 0) is 63.5 Å². The molecule has 0 aromatic heterocycles. The molecule has 378 valence electrons. The molecule has 7 aliphatic heterocycles. The van der Waals surface area contributed by atoms with Crippen LogP contribution in [0, 0.1) is 36.5 Å². The summed E-state index contributed by atoms with van der Waals surface area (Å²) in [6.45, 7) is 22.1. The van der Waals surface area contributed by atoms with Gasteiger partial charge in [0.25, 0.3) is 11.7 Å². The molecule has 7 heterocycles. The van der Waals surface area contributed by atoms with E-state index in [1.54, 1.807) is 30.9 Å². The minimum atomic E-state index is -1.88. The lowest BCUT2D eigenvalue weighted by molar-refractivity contribution is -0.174. The molecule has 7 aliphatic rings. The number of nitrogens with zero attached hydrogens (tertiary/aromatic N) is 5. The van der Waals surface area contributed by atoms with E-state index in [-0.39, 0.29) is 67.6 Å². The number of carbonyl (C=O) groups excluding carboxylic acids is 3. The molecule has 7 atom stereocenters. The third kappa shape index (κ3) is 10.1. The van der Waals surface area contributed by atoms with Crippen LogP contribution in [0.1, 0.15) is 97.0 Å². The number of morpholine rings is 1.